The predicted octanol–water partition coefficient (Wildman–Crippen LogP) is 2.14. The van der Waals surface area contributed by atoms with Gasteiger partial charge in [-0.3, -0.25) is 0 Å². The average Bonchev–Trinajstić information content (AvgIpc) is 2.58. The summed E-state index contributed by atoms with van der Waals surface area (Å²) in [7, 11) is 1.71. The molecule has 0 aliphatic rings. The standard InChI is InChI=1S/C19H15ClIO/c1-22-19-12-11-15(21-18-10-6-5-9-17(18)20)13-16(19)14-7-3-2-4-8-14/h2-13H,1H3/q+1. The average molecular weight is 422 g/mol. The second-order valence-corrected chi connectivity index (χ2v) is 8.07. The first-order valence-corrected chi connectivity index (χ1v) is 9.44. The zero-order valence-electron chi connectivity index (χ0n) is 12.1. The monoisotopic (exact) mass is 421 g/mol. The Morgan fingerprint density at radius 3 is 2.32 bits per heavy atom. The van der Waals surface area contributed by atoms with Crippen molar-refractivity contribution in [2.45, 2.75) is 0 Å². The van der Waals surface area contributed by atoms with Crippen LogP contribution in [0.5, 0.6) is 5.75 Å². The molecule has 0 saturated carbocycles. The normalized spacial score (nSPS) is 10.5. The highest BCUT2D eigenvalue weighted by molar-refractivity contribution is 6.30. The smallest absolute Gasteiger partial charge is 0.359 e. The van der Waals surface area contributed by atoms with Crippen LogP contribution in [0.15, 0.2) is 72.8 Å². The zero-order valence-corrected chi connectivity index (χ0v) is 15.0. The molecule has 0 bridgehead atoms. The van der Waals surface area contributed by atoms with Gasteiger partial charge in [0.2, 0.25) is 3.57 Å². The van der Waals surface area contributed by atoms with E-state index in [0.29, 0.717) is 0 Å². The third-order valence-corrected chi connectivity index (χ3v) is 6.75. The molecule has 0 aliphatic heterocycles. The number of benzene rings is 3. The van der Waals surface area contributed by atoms with Crippen molar-refractivity contribution in [3.8, 4) is 16.9 Å². The molecular formula is C19H15ClIO+. The summed E-state index contributed by atoms with van der Waals surface area (Å²) in [5, 5.41) is 0.854. The summed E-state index contributed by atoms with van der Waals surface area (Å²) < 4.78 is 8.08. The molecule has 0 heterocycles. The molecule has 110 valence electrons. The Morgan fingerprint density at radius 2 is 1.59 bits per heavy atom. The van der Waals surface area contributed by atoms with Crippen molar-refractivity contribution in [3.63, 3.8) is 0 Å². The van der Waals surface area contributed by atoms with Crippen LogP contribution >= 0.6 is 11.6 Å². The van der Waals surface area contributed by atoms with E-state index in [2.05, 4.69) is 30.3 Å². The van der Waals surface area contributed by atoms with Crippen molar-refractivity contribution in [3.05, 3.63) is 85.0 Å². The van der Waals surface area contributed by atoms with E-state index < -0.39 is 0 Å². The van der Waals surface area contributed by atoms with Crippen molar-refractivity contribution in [1.82, 2.24) is 0 Å². The largest absolute Gasteiger partial charge is 0.496 e. The number of halogens is 2. The summed E-state index contributed by atoms with van der Waals surface area (Å²) in [6, 6.07) is 24.8. The minimum absolute atomic E-state index is 0.307. The summed E-state index contributed by atoms with van der Waals surface area (Å²) in [5.74, 6) is 0.901. The Labute approximate surface area is 146 Å². The van der Waals surface area contributed by atoms with Gasteiger partial charge >= 0.3 is 21.2 Å². The molecule has 0 radical (unpaired) electrons. The molecule has 0 unspecified atom stereocenters. The van der Waals surface area contributed by atoms with Crippen LogP contribution in [-0.4, -0.2) is 7.11 Å². The Kier molecular flexibility index (Phi) is 5.01. The van der Waals surface area contributed by atoms with Gasteiger partial charge in [0.05, 0.1) is 12.1 Å². The third kappa shape index (κ3) is 3.45. The quantitative estimate of drug-likeness (QED) is 0.587. The molecule has 22 heavy (non-hydrogen) atoms. The van der Waals surface area contributed by atoms with Gasteiger partial charge < -0.3 is 4.74 Å². The Hall–Kier alpha value is -1.52. The number of ether oxygens (including phenoxy) is 1. The molecule has 3 rings (SSSR count). The summed E-state index contributed by atoms with van der Waals surface area (Å²) in [4.78, 5) is 0. The van der Waals surface area contributed by atoms with Crippen LogP contribution in [0.1, 0.15) is 0 Å². The van der Waals surface area contributed by atoms with Crippen LogP contribution in [0.4, 0.5) is 0 Å². The summed E-state index contributed by atoms with van der Waals surface area (Å²) in [6.07, 6.45) is 0. The molecule has 3 heteroatoms. The van der Waals surface area contributed by atoms with Gasteiger partial charge in [0, 0.05) is 11.6 Å². The Bertz CT molecular complexity index is 771. The molecule has 0 aromatic heterocycles. The number of rotatable bonds is 4. The van der Waals surface area contributed by atoms with Crippen LogP contribution in [0, 0.1) is 7.14 Å². The maximum Gasteiger partial charge on any atom is 0.359 e. The first kappa shape index (κ1) is 15.4. The topological polar surface area (TPSA) is 9.23 Å². The minimum Gasteiger partial charge on any atom is -0.496 e. The molecule has 0 saturated heterocycles. The Balaban J connectivity index is 1.99. The van der Waals surface area contributed by atoms with Gasteiger partial charge in [-0.15, -0.1) is 0 Å². The van der Waals surface area contributed by atoms with Crippen molar-refractivity contribution < 1.29 is 25.9 Å². The van der Waals surface area contributed by atoms with E-state index in [4.69, 9.17) is 16.3 Å². The van der Waals surface area contributed by atoms with Crippen molar-refractivity contribution in [2.75, 3.05) is 7.11 Å². The SMILES string of the molecule is COc1ccc([I+]c2ccccc2Cl)cc1-c1ccccc1. The number of hydrogen-bond donors (Lipinski definition) is 0. The van der Waals surface area contributed by atoms with Crippen LogP contribution in [0.25, 0.3) is 11.1 Å². The van der Waals surface area contributed by atoms with Crippen molar-refractivity contribution in [1.29, 1.82) is 0 Å². The summed E-state index contributed by atoms with van der Waals surface area (Å²) in [5.41, 5.74) is 2.30. The Morgan fingerprint density at radius 1 is 0.864 bits per heavy atom. The fourth-order valence-electron chi connectivity index (χ4n) is 2.22. The molecule has 0 fully saturated rings. The van der Waals surface area contributed by atoms with Crippen LogP contribution in [0.3, 0.4) is 0 Å². The lowest BCUT2D eigenvalue weighted by atomic mass is 10.1. The second-order valence-electron chi connectivity index (χ2n) is 4.72. The van der Waals surface area contributed by atoms with Crippen LogP contribution in [0.2, 0.25) is 5.02 Å². The molecule has 3 aromatic carbocycles. The lowest BCUT2D eigenvalue weighted by molar-refractivity contribution is -0.597. The summed E-state index contributed by atoms with van der Waals surface area (Å²) >= 11 is 5.98. The highest BCUT2D eigenvalue weighted by atomic mass is 127. The highest BCUT2D eigenvalue weighted by Gasteiger charge is 2.20. The molecule has 1 nitrogen and oxygen atoms in total. The molecular weight excluding hydrogens is 407 g/mol. The zero-order chi connectivity index (χ0) is 15.4. The van der Waals surface area contributed by atoms with Crippen LogP contribution in [-0.2, 0) is 0 Å². The van der Waals surface area contributed by atoms with E-state index in [0.717, 1.165) is 16.3 Å². The fraction of sp³-hybridized carbons (Fsp3) is 0.0526. The van der Waals surface area contributed by atoms with E-state index in [1.54, 1.807) is 7.11 Å². The maximum atomic E-state index is 6.29. The molecule has 0 atom stereocenters. The maximum absolute atomic E-state index is 6.29. The highest BCUT2D eigenvalue weighted by Crippen LogP contribution is 2.29. The molecule has 0 amide bonds. The van der Waals surface area contributed by atoms with Gasteiger partial charge in [-0.25, -0.2) is 0 Å². The molecule has 0 spiro atoms. The van der Waals surface area contributed by atoms with E-state index in [9.17, 15) is 0 Å². The molecule has 0 N–H and O–H groups in total. The second kappa shape index (κ2) is 7.16. The fourth-order valence-corrected chi connectivity index (χ4v) is 4.91. The van der Waals surface area contributed by atoms with Crippen molar-refractivity contribution in [2.24, 2.45) is 0 Å². The van der Waals surface area contributed by atoms with Gasteiger partial charge in [0.25, 0.3) is 0 Å². The van der Waals surface area contributed by atoms with Gasteiger partial charge in [-0.2, -0.15) is 0 Å². The number of methoxy groups -OCH3 is 1. The third-order valence-electron chi connectivity index (χ3n) is 3.28. The predicted molar refractivity (Wildman–Crippen MR) is 87.3 cm³/mol. The van der Waals surface area contributed by atoms with Gasteiger partial charge in [-0.05, 0) is 29.8 Å². The van der Waals surface area contributed by atoms with Gasteiger partial charge in [0.15, 0.2) is 3.57 Å². The molecule has 3 aromatic rings. The lowest BCUT2D eigenvalue weighted by Crippen LogP contribution is -3.61. The van der Waals surface area contributed by atoms with Gasteiger partial charge in [0.1, 0.15) is 5.75 Å². The lowest BCUT2D eigenvalue weighted by Gasteiger charge is -2.07. The van der Waals surface area contributed by atoms with E-state index in [1.165, 1.54) is 12.7 Å². The first-order chi connectivity index (χ1) is 10.8. The van der Waals surface area contributed by atoms with Crippen LogP contribution < -0.4 is 25.9 Å². The van der Waals surface area contributed by atoms with E-state index in [-0.39, 0.29) is 21.2 Å². The molecule has 0 aliphatic carbocycles. The first-order valence-electron chi connectivity index (χ1n) is 6.91. The van der Waals surface area contributed by atoms with Crippen molar-refractivity contribution >= 4 is 11.6 Å². The van der Waals surface area contributed by atoms with E-state index >= 15 is 0 Å². The minimum atomic E-state index is -0.307. The van der Waals surface area contributed by atoms with E-state index in [1.807, 2.05) is 42.5 Å². The number of hydrogen-bond acceptors (Lipinski definition) is 1. The van der Waals surface area contributed by atoms with Gasteiger partial charge in [-0.1, -0.05) is 54.1 Å². The summed E-state index contributed by atoms with van der Waals surface area (Å²) in [6.45, 7) is 0.